The molecule has 0 atom stereocenters. The van der Waals surface area contributed by atoms with Gasteiger partial charge in [0.15, 0.2) is 11.5 Å². The molecule has 0 N–H and O–H groups in total. The molecule has 4 nitrogen and oxygen atoms in total. The van der Waals surface area contributed by atoms with Crippen molar-refractivity contribution in [2.24, 2.45) is 0 Å². The van der Waals surface area contributed by atoms with E-state index < -0.39 is 0 Å². The first-order chi connectivity index (χ1) is 8.72. The maximum Gasteiger partial charge on any atom is 0.164 e. The van der Waals surface area contributed by atoms with Crippen molar-refractivity contribution in [2.75, 3.05) is 14.2 Å². The van der Waals surface area contributed by atoms with E-state index in [1.54, 1.807) is 31.6 Å². The van der Waals surface area contributed by atoms with Crippen LogP contribution in [0.2, 0.25) is 0 Å². The van der Waals surface area contributed by atoms with Crippen LogP contribution in [0.3, 0.4) is 0 Å². The summed E-state index contributed by atoms with van der Waals surface area (Å²) in [6.07, 6.45) is 0. The van der Waals surface area contributed by atoms with Crippen LogP contribution >= 0.6 is 11.3 Å². The summed E-state index contributed by atoms with van der Waals surface area (Å²) < 4.78 is 16.0. The number of aryl methyl sites for hydroxylation is 1. The first kappa shape index (κ1) is 12.7. The quantitative estimate of drug-likeness (QED) is 0.833. The molecule has 0 fully saturated rings. The lowest BCUT2D eigenvalue weighted by molar-refractivity contribution is 0.296. The Kier molecular flexibility index (Phi) is 4.04. The third-order valence-corrected chi connectivity index (χ3v) is 3.23. The van der Waals surface area contributed by atoms with Crippen molar-refractivity contribution in [2.45, 2.75) is 13.5 Å². The minimum Gasteiger partial charge on any atom is -0.493 e. The number of methoxy groups -OCH3 is 2. The van der Waals surface area contributed by atoms with E-state index in [2.05, 4.69) is 4.98 Å². The molecule has 0 aliphatic carbocycles. The monoisotopic (exact) mass is 265 g/mol. The standard InChI is InChI=1S/C13H15NO3S/c1-9-14-10(8-18-9)7-17-11-4-5-12(15-2)13(6-11)16-3/h4-6,8H,7H2,1-3H3. The number of thiazole rings is 1. The molecule has 1 aromatic carbocycles. The Bertz CT molecular complexity index is 525. The summed E-state index contributed by atoms with van der Waals surface area (Å²) in [6.45, 7) is 2.43. The molecule has 0 unspecified atom stereocenters. The highest BCUT2D eigenvalue weighted by atomic mass is 32.1. The molecule has 0 aliphatic rings. The first-order valence-corrected chi connectivity index (χ1v) is 6.36. The Morgan fingerprint density at radius 1 is 1.17 bits per heavy atom. The molecule has 2 rings (SSSR count). The van der Waals surface area contributed by atoms with Crippen molar-refractivity contribution >= 4 is 11.3 Å². The normalized spacial score (nSPS) is 10.2. The lowest BCUT2D eigenvalue weighted by Gasteiger charge is -2.10. The highest BCUT2D eigenvalue weighted by Crippen LogP contribution is 2.31. The number of hydrogen-bond donors (Lipinski definition) is 0. The molecule has 1 heterocycles. The number of ether oxygens (including phenoxy) is 3. The summed E-state index contributed by atoms with van der Waals surface area (Å²) in [5, 5.41) is 3.04. The molecular weight excluding hydrogens is 250 g/mol. The molecule has 0 bridgehead atoms. The van der Waals surface area contributed by atoms with Crippen LogP contribution in [0.4, 0.5) is 0 Å². The average Bonchev–Trinajstić information content (AvgIpc) is 2.81. The number of hydrogen-bond acceptors (Lipinski definition) is 5. The summed E-state index contributed by atoms with van der Waals surface area (Å²) in [7, 11) is 3.21. The van der Waals surface area contributed by atoms with Crippen LogP contribution in [0.25, 0.3) is 0 Å². The Morgan fingerprint density at radius 2 is 1.94 bits per heavy atom. The van der Waals surface area contributed by atoms with E-state index >= 15 is 0 Å². The van der Waals surface area contributed by atoms with Gasteiger partial charge in [0, 0.05) is 11.4 Å². The molecule has 1 aromatic heterocycles. The van der Waals surface area contributed by atoms with Crippen LogP contribution in [-0.2, 0) is 6.61 Å². The van der Waals surface area contributed by atoms with E-state index in [9.17, 15) is 0 Å². The highest BCUT2D eigenvalue weighted by Gasteiger charge is 2.06. The zero-order chi connectivity index (χ0) is 13.0. The molecule has 5 heteroatoms. The summed E-state index contributed by atoms with van der Waals surface area (Å²) in [5.41, 5.74) is 0.937. The maximum atomic E-state index is 5.66. The van der Waals surface area contributed by atoms with Gasteiger partial charge >= 0.3 is 0 Å². The first-order valence-electron chi connectivity index (χ1n) is 5.48. The Labute approximate surface area is 110 Å². The number of aromatic nitrogens is 1. The lowest BCUT2D eigenvalue weighted by Crippen LogP contribution is -1.97. The SMILES string of the molecule is COc1ccc(OCc2csc(C)n2)cc1OC. The molecule has 0 spiro atoms. The third kappa shape index (κ3) is 2.92. The molecule has 18 heavy (non-hydrogen) atoms. The van der Waals surface area contributed by atoms with E-state index in [0.29, 0.717) is 18.1 Å². The predicted octanol–water partition coefficient (Wildman–Crippen LogP) is 3.05. The minimum atomic E-state index is 0.458. The zero-order valence-corrected chi connectivity index (χ0v) is 11.4. The van der Waals surface area contributed by atoms with Gasteiger partial charge in [0.1, 0.15) is 12.4 Å². The second-order valence-corrected chi connectivity index (χ2v) is 4.73. The van der Waals surface area contributed by atoms with Gasteiger partial charge in [-0.3, -0.25) is 0 Å². The van der Waals surface area contributed by atoms with Crippen molar-refractivity contribution in [3.8, 4) is 17.2 Å². The fourth-order valence-electron chi connectivity index (χ4n) is 1.54. The topological polar surface area (TPSA) is 40.6 Å². The van der Waals surface area contributed by atoms with Gasteiger partial charge in [-0.1, -0.05) is 0 Å². The van der Waals surface area contributed by atoms with Gasteiger partial charge in [0.25, 0.3) is 0 Å². The molecule has 96 valence electrons. The number of benzene rings is 1. The van der Waals surface area contributed by atoms with E-state index in [-0.39, 0.29) is 0 Å². The van der Waals surface area contributed by atoms with Crippen molar-refractivity contribution in [3.63, 3.8) is 0 Å². The van der Waals surface area contributed by atoms with Crippen LogP contribution < -0.4 is 14.2 Å². The second kappa shape index (κ2) is 5.73. The largest absolute Gasteiger partial charge is 0.493 e. The van der Waals surface area contributed by atoms with Crippen LogP contribution in [-0.4, -0.2) is 19.2 Å². The molecule has 0 aliphatic heterocycles. The van der Waals surface area contributed by atoms with E-state index in [0.717, 1.165) is 16.5 Å². The van der Waals surface area contributed by atoms with Gasteiger partial charge in [-0.15, -0.1) is 11.3 Å². The number of nitrogens with zero attached hydrogens (tertiary/aromatic N) is 1. The van der Waals surface area contributed by atoms with Gasteiger partial charge in [-0.2, -0.15) is 0 Å². The second-order valence-electron chi connectivity index (χ2n) is 3.66. The lowest BCUT2D eigenvalue weighted by atomic mass is 10.3. The molecule has 0 saturated carbocycles. The molecule has 0 radical (unpaired) electrons. The molecule has 0 amide bonds. The number of rotatable bonds is 5. The molecular formula is C13H15NO3S. The summed E-state index contributed by atoms with van der Waals surface area (Å²) in [6, 6.07) is 5.47. The van der Waals surface area contributed by atoms with Crippen LogP contribution in [0.5, 0.6) is 17.2 Å². The highest BCUT2D eigenvalue weighted by molar-refractivity contribution is 7.09. The van der Waals surface area contributed by atoms with Crippen molar-refractivity contribution in [1.82, 2.24) is 4.98 Å². The van der Waals surface area contributed by atoms with Gasteiger partial charge in [0.2, 0.25) is 0 Å². The van der Waals surface area contributed by atoms with Gasteiger partial charge in [0.05, 0.1) is 24.9 Å². The Hall–Kier alpha value is -1.75. The Balaban J connectivity index is 2.05. The van der Waals surface area contributed by atoms with E-state index in [1.807, 2.05) is 24.4 Å². The fraction of sp³-hybridized carbons (Fsp3) is 0.308. The average molecular weight is 265 g/mol. The van der Waals surface area contributed by atoms with Crippen LogP contribution in [0, 0.1) is 6.92 Å². The minimum absolute atomic E-state index is 0.458. The fourth-order valence-corrected chi connectivity index (χ4v) is 2.14. The maximum absolute atomic E-state index is 5.66. The van der Waals surface area contributed by atoms with Crippen molar-refractivity contribution < 1.29 is 14.2 Å². The third-order valence-electron chi connectivity index (χ3n) is 2.41. The zero-order valence-electron chi connectivity index (χ0n) is 10.6. The van der Waals surface area contributed by atoms with E-state index in [1.165, 1.54) is 0 Å². The van der Waals surface area contributed by atoms with Crippen LogP contribution in [0.1, 0.15) is 10.7 Å². The van der Waals surface area contributed by atoms with E-state index in [4.69, 9.17) is 14.2 Å². The summed E-state index contributed by atoms with van der Waals surface area (Å²) in [4.78, 5) is 4.34. The summed E-state index contributed by atoms with van der Waals surface area (Å²) in [5.74, 6) is 2.08. The van der Waals surface area contributed by atoms with Gasteiger partial charge < -0.3 is 14.2 Å². The smallest absolute Gasteiger partial charge is 0.164 e. The molecule has 0 saturated heterocycles. The predicted molar refractivity (Wildman–Crippen MR) is 70.7 cm³/mol. The van der Waals surface area contributed by atoms with Crippen LogP contribution in [0.15, 0.2) is 23.6 Å². The van der Waals surface area contributed by atoms with Crippen molar-refractivity contribution in [1.29, 1.82) is 0 Å². The van der Waals surface area contributed by atoms with Crippen molar-refractivity contribution in [3.05, 3.63) is 34.3 Å². The van der Waals surface area contributed by atoms with Gasteiger partial charge in [-0.25, -0.2) is 4.98 Å². The molecule has 2 aromatic rings. The van der Waals surface area contributed by atoms with Gasteiger partial charge in [-0.05, 0) is 19.1 Å². The Morgan fingerprint density at radius 3 is 2.56 bits per heavy atom. The summed E-state index contributed by atoms with van der Waals surface area (Å²) >= 11 is 1.62.